The van der Waals surface area contributed by atoms with E-state index in [-0.39, 0.29) is 0 Å². The second-order valence-corrected chi connectivity index (χ2v) is 4.02. The lowest BCUT2D eigenvalue weighted by molar-refractivity contribution is 0.240. The van der Waals surface area contributed by atoms with Crippen LogP contribution in [0.3, 0.4) is 0 Å². The van der Waals surface area contributed by atoms with E-state index in [0.717, 1.165) is 37.3 Å². The highest BCUT2D eigenvalue weighted by Crippen LogP contribution is 2.13. The number of pyridine rings is 1. The molecule has 16 heavy (non-hydrogen) atoms. The molecule has 1 heterocycles. The molecule has 90 valence electrons. The molecule has 1 aromatic rings. The van der Waals surface area contributed by atoms with Gasteiger partial charge in [0.05, 0.1) is 12.8 Å². The number of nitrogens with zero attached hydrogens (tertiary/aromatic N) is 1. The van der Waals surface area contributed by atoms with Crippen LogP contribution in [0.2, 0.25) is 0 Å². The van der Waals surface area contributed by atoms with Gasteiger partial charge in [-0.2, -0.15) is 0 Å². The highest BCUT2D eigenvalue weighted by atomic mass is 16.5. The zero-order chi connectivity index (χ0) is 11.8. The van der Waals surface area contributed by atoms with E-state index in [1.54, 1.807) is 6.20 Å². The van der Waals surface area contributed by atoms with Gasteiger partial charge in [-0.1, -0.05) is 26.7 Å². The van der Waals surface area contributed by atoms with E-state index >= 15 is 0 Å². The third kappa shape index (κ3) is 4.19. The molecular weight excluding hydrogens is 200 g/mol. The summed E-state index contributed by atoms with van der Waals surface area (Å²) in [7, 11) is 0. The van der Waals surface area contributed by atoms with Crippen molar-refractivity contribution in [2.24, 2.45) is 11.7 Å². The van der Waals surface area contributed by atoms with E-state index in [2.05, 4.69) is 18.8 Å². The molecule has 0 aliphatic carbocycles. The minimum Gasteiger partial charge on any atom is -0.492 e. The zero-order valence-corrected chi connectivity index (χ0v) is 10.3. The van der Waals surface area contributed by atoms with Crippen LogP contribution in [0.4, 0.5) is 0 Å². The van der Waals surface area contributed by atoms with Gasteiger partial charge in [0.1, 0.15) is 5.75 Å². The van der Waals surface area contributed by atoms with Gasteiger partial charge < -0.3 is 10.5 Å². The first-order valence-electron chi connectivity index (χ1n) is 6.07. The lowest BCUT2D eigenvalue weighted by Gasteiger charge is -2.13. The van der Waals surface area contributed by atoms with Crippen molar-refractivity contribution in [2.45, 2.75) is 33.1 Å². The lowest BCUT2D eigenvalue weighted by Crippen LogP contribution is -2.10. The van der Waals surface area contributed by atoms with Gasteiger partial charge in [-0.25, -0.2) is 0 Å². The molecule has 2 N–H and O–H groups in total. The molecule has 0 bridgehead atoms. The summed E-state index contributed by atoms with van der Waals surface area (Å²) in [4.78, 5) is 4.29. The predicted octanol–water partition coefficient (Wildman–Crippen LogP) is 2.40. The van der Waals surface area contributed by atoms with Crippen molar-refractivity contribution in [3.63, 3.8) is 0 Å². The van der Waals surface area contributed by atoms with Crippen molar-refractivity contribution in [2.75, 3.05) is 13.2 Å². The summed E-state index contributed by atoms with van der Waals surface area (Å²) in [5.74, 6) is 1.50. The van der Waals surface area contributed by atoms with E-state index in [1.165, 1.54) is 0 Å². The van der Waals surface area contributed by atoms with Gasteiger partial charge in [0.15, 0.2) is 0 Å². The Labute approximate surface area is 98.0 Å². The first kappa shape index (κ1) is 13.0. The summed E-state index contributed by atoms with van der Waals surface area (Å²) in [5.41, 5.74) is 6.49. The Morgan fingerprint density at radius 3 is 2.56 bits per heavy atom. The molecular formula is C13H22N2O. The average molecular weight is 222 g/mol. The molecule has 0 atom stereocenters. The van der Waals surface area contributed by atoms with Crippen LogP contribution in [0.15, 0.2) is 18.3 Å². The number of nitrogens with two attached hydrogens (primary N) is 1. The summed E-state index contributed by atoms with van der Waals surface area (Å²) in [6, 6.07) is 3.95. The minimum atomic E-state index is 0.640. The summed E-state index contributed by atoms with van der Waals surface area (Å²) < 4.78 is 5.69. The van der Waals surface area contributed by atoms with Crippen LogP contribution in [0.1, 0.15) is 32.4 Å². The summed E-state index contributed by atoms with van der Waals surface area (Å²) in [6.45, 7) is 5.81. The van der Waals surface area contributed by atoms with Gasteiger partial charge >= 0.3 is 0 Å². The average Bonchev–Trinajstić information content (AvgIpc) is 2.33. The Morgan fingerprint density at radius 2 is 2.06 bits per heavy atom. The predicted molar refractivity (Wildman–Crippen MR) is 66.6 cm³/mol. The van der Waals surface area contributed by atoms with Crippen molar-refractivity contribution in [1.29, 1.82) is 0 Å². The molecule has 0 saturated carbocycles. The van der Waals surface area contributed by atoms with E-state index in [0.29, 0.717) is 12.5 Å². The highest BCUT2D eigenvalue weighted by Gasteiger charge is 2.04. The van der Waals surface area contributed by atoms with Gasteiger partial charge in [-0.15, -0.1) is 0 Å². The molecule has 0 amide bonds. The molecule has 1 rings (SSSR count). The Kier molecular flexibility index (Phi) is 5.86. The van der Waals surface area contributed by atoms with Gasteiger partial charge in [0.25, 0.3) is 0 Å². The van der Waals surface area contributed by atoms with Crippen LogP contribution >= 0.6 is 0 Å². The Hall–Kier alpha value is -1.09. The van der Waals surface area contributed by atoms with Crippen molar-refractivity contribution in [1.82, 2.24) is 4.98 Å². The number of hydrogen-bond acceptors (Lipinski definition) is 3. The minimum absolute atomic E-state index is 0.640. The molecule has 3 nitrogen and oxygen atoms in total. The molecule has 0 unspecified atom stereocenters. The Balaban J connectivity index is 2.42. The number of aromatic nitrogens is 1. The SMILES string of the molecule is CCC(CC)COc1ccc(CCN)nc1. The quantitative estimate of drug-likeness (QED) is 0.770. The first-order valence-corrected chi connectivity index (χ1v) is 6.07. The van der Waals surface area contributed by atoms with Crippen LogP contribution < -0.4 is 10.5 Å². The molecule has 0 radical (unpaired) electrons. The van der Waals surface area contributed by atoms with Crippen LogP contribution in [0.25, 0.3) is 0 Å². The molecule has 0 aliphatic heterocycles. The van der Waals surface area contributed by atoms with Crippen LogP contribution in [0.5, 0.6) is 5.75 Å². The largest absolute Gasteiger partial charge is 0.492 e. The second kappa shape index (κ2) is 7.23. The third-order valence-corrected chi connectivity index (χ3v) is 2.84. The lowest BCUT2D eigenvalue weighted by atomic mass is 10.1. The molecule has 0 aromatic carbocycles. The number of hydrogen-bond donors (Lipinski definition) is 1. The normalized spacial score (nSPS) is 10.8. The summed E-state index contributed by atoms with van der Waals surface area (Å²) in [6.07, 6.45) is 4.94. The molecule has 0 fully saturated rings. The van der Waals surface area contributed by atoms with Gasteiger partial charge in [-0.3, -0.25) is 4.98 Å². The van der Waals surface area contributed by atoms with Crippen molar-refractivity contribution in [3.8, 4) is 5.75 Å². The monoisotopic (exact) mass is 222 g/mol. The maximum absolute atomic E-state index is 5.69. The van der Waals surface area contributed by atoms with Gasteiger partial charge in [0.2, 0.25) is 0 Å². The van der Waals surface area contributed by atoms with Gasteiger partial charge in [0, 0.05) is 12.1 Å². The molecule has 0 spiro atoms. The Morgan fingerprint density at radius 1 is 1.31 bits per heavy atom. The van der Waals surface area contributed by atoms with Crippen LogP contribution in [0, 0.1) is 5.92 Å². The number of rotatable bonds is 7. The van der Waals surface area contributed by atoms with Crippen LogP contribution in [-0.4, -0.2) is 18.1 Å². The smallest absolute Gasteiger partial charge is 0.137 e. The fourth-order valence-corrected chi connectivity index (χ4v) is 1.53. The molecule has 3 heteroatoms. The van der Waals surface area contributed by atoms with E-state index in [9.17, 15) is 0 Å². The second-order valence-electron chi connectivity index (χ2n) is 4.02. The number of ether oxygens (including phenoxy) is 1. The topological polar surface area (TPSA) is 48.1 Å². The summed E-state index contributed by atoms with van der Waals surface area (Å²) >= 11 is 0. The third-order valence-electron chi connectivity index (χ3n) is 2.84. The zero-order valence-electron chi connectivity index (χ0n) is 10.3. The fraction of sp³-hybridized carbons (Fsp3) is 0.615. The maximum Gasteiger partial charge on any atom is 0.137 e. The van der Waals surface area contributed by atoms with Crippen molar-refractivity contribution in [3.05, 3.63) is 24.0 Å². The van der Waals surface area contributed by atoms with Crippen molar-refractivity contribution >= 4 is 0 Å². The standard InChI is InChI=1S/C13H22N2O/c1-3-11(4-2)10-16-13-6-5-12(7-8-14)15-9-13/h5-6,9,11H,3-4,7-8,10,14H2,1-2H3. The molecule has 1 aromatic heterocycles. The van der Waals surface area contributed by atoms with E-state index in [4.69, 9.17) is 10.5 Å². The molecule has 0 aliphatic rings. The Bertz CT molecular complexity index is 280. The molecule has 0 saturated heterocycles. The van der Waals surface area contributed by atoms with Crippen LogP contribution in [-0.2, 0) is 6.42 Å². The first-order chi connectivity index (χ1) is 7.80. The fourth-order valence-electron chi connectivity index (χ4n) is 1.53. The van der Waals surface area contributed by atoms with E-state index < -0.39 is 0 Å². The highest BCUT2D eigenvalue weighted by molar-refractivity contribution is 5.20. The van der Waals surface area contributed by atoms with E-state index in [1.807, 2.05) is 12.1 Å². The summed E-state index contributed by atoms with van der Waals surface area (Å²) in [5, 5.41) is 0. The van der Waals surface area contributed by atoms with Crippen molar-refractivity contribution < 1.29 is 4.74 Å². The maximum atomic E-state index is 5.69. The van der Waals surface area contributed by atoms with Gasteiger partial charge in [-0.05, 0) is 24.6 Å².